The van der Waals surface area contributed by atoms with Gasteiger partial charge in [0.2, 0.25) is 5.91 Å². The van der Waals surface area contributed by atoms with Crippen molar-refractivity contribution < 1.29 is 24.6 Å². The van der Waals surface area contributed by atoms with Gasteiger partial charge in [0, 0.05) is 24.1 Å². The first kappa shape index (κ1) is 19.5. The molecule has 144 valence electrons. The standard InChI is InChI=1S/C17H14N4O5S2/c1-7-13(28-17(18-7)19-8(2)22)11-6-27-15(21-11)14(24)20-9-3-4-10(16(25)26)12(23)5-9/h3-6,23H,1-2H3,(H,20,24)(H,25,26)(H,18,19,22). The normalized spacial score (nSPS) is 10.5. The van der Waals surface area contributed by atoms with E-state index in [-0.39, 0.29) is 22.2 Å². The predicted octanol–water partition coefficient (Wildman–Crippen LogP) is 3.19. The van der Waals surface area contributed by atoms with Crippen LogP contribution in [0.5, 0.6) is 5.75 Å². The number of benzene rings is 1. The van der Waals surface area contributed by atoms with Gasteiger partial charge in [0.1, 0.15) is 11.3 Å². The molecule has 9 nitrogen and oxygen atoms in total. The van der Waals surface area contributed by atoms with Crippen LogP contribution < -0.4 is 10.6 Å². The van der Waals surface area contributed by atoms with Gasteiger partial charge in [-0.2, -0.15) is 0 Å². The zero-order valence-corrected chi connectivity index (χ0v) is 16.3. The number of nitrogens with one attached hydrogen (secondary N) is 2. The van der Waals surface area contributed by atoms with Crippen molar-refractivity contribution in [1.82, 2.24) is 9.97 Å². The fourth-order valence-corrected chi connectivity index (χ4v) is 4.05. The lowest BCUT2D eigenvalue weighted by molar-refractivity contribution is -0.114. The third kappa shape index (κ3) is 4.15. The summed E-state index contributed by atoms with van der Waals surface area (Å²) in [5, 5.41) is 26.2. The summed E-state index contributed by atoms with van der Waals surface area (Å²) >= 11 is 2.38. The van der Waals surface area contributed by atoms with Crippen LogP contribution >= 0.6 is 22.7 Å². The number of carboxylic acid groups (broad SMARTS) is 1. The summed E-state index contributed by atoms with van der Waals surface area (Å²) < 4.78 is 0. The number of aromatic hydroxyl groups is 1. The molecular formula is C17H14N4O5S2. The number of aryl methyl sites for hydroxylation is 1. The summed E-state index contributed by atoms with van der Waals surface area (Å²) in [7, 11) is 0. The first-order valence-corrected chi connectivity index (χ1v) is 9.52. The number of aromatic carboxylic acids is 1. The van der Waals surface area contributed by atoms with Crippen molar-refractivity contribution in [1.29, 1.82) is 0 Å². The first-order chi connectivity index (χ1) is 13.2. The van der Waals surface area contributed by atoms with Crippen molar-refractivity contribution in [3.05, 3.63) is 39.8 Å². The Morgan fingerprint density at radius 3 is 2.54 bits per heavy atom. The molecule has 2 heterocycles. The van der Waals surface area contributed by atoms with E-state index in [9.17, 15) is 19.5 Å². The molecule has 11 heteroatoms. The minimum absolute atomic E-state index is 0.186. The SMILES string of the molecule is CC(=O)Nc1nc(C)c(-c2csc(C(=O)Nc3ccc(C(=O)O)c(O)c3)n2)s1. The number of carboxylic acids is 1. The number of nitrogens with zero attached hydrogens (tertiary/aromatic N) is 2. The number of hydrogen-bond acceptors (Lipinski definition) is 8. The Balaban J connectivity index is 1.78. The molecule has 0 aliphatic rings. The maximum absolute atomic E-state index is 12.4. The molecule has 0 unspecified atom stereocenters. The molecule has 1 aromatic carbocycles. The van der Waals surface area contributed by atoms with Crippen LogP contribution in [0.2, 0.25) is 0 Å². The van der Waals surface area contributed by atoms with Crippen LogP contribution in [-0.2, 0) is 4.79 Å². The zero-order valence-electron chi connectivity index (χ0n) is 14.6. The van der Waals surface area contributed by atoms with Crippen molar-refractivity contribution in [3.63, 3.8) is 0 Å². The molecule has 3 aromatic rings. The van der Waals surface area contributed by atoms with Gasteiger partial charge in [-0.15, -0.1) is 11.3 Å². The molecule has 0 fully saturated rings. The fourth-order valence-electron chi connectivity index (χ4n) is 2.30. The molecule has 0 aliphatic carbocycles. The summed E-state index contributed by atoms with van der Waals surface area (Å²) in [5.74, 6) is -2.44. The van der Waals surface area contributed by atoms with Crippen molar-refractivity contribution in [2.24, 2.45) is 0 Å². The second-order valence-corrected chi connectivity index (χ2v) is 7.50. The summed E-state index contributed by atoms with van der Waals surface area (Å²) in [6, 6.07) is 3.73. The van der Waals surface area contributed by atoms with Crippen molar-refractivity contribution in [2.45, 2.75) is 13.8 Å². The molecule has 0 saturated carbocycles. The third-order valence-electron chi connectivity index (χ3n) is 3.50. The van der Waals surface area contributed by atoms with Crippen LogP contribution in [0.4, 0.5) is 10.8 Å². The molecule has 0 saturated heterocycles. The van der Waals surface area contributed by atoms with Crippen molar-refractivity contribution in [2.75, 3.05) is 10.6 Å². The number of anilines is 2. The molecule has 4 N–H and O–H groups in total. The van der Waals surface area contributed by atoms with Crippen molar-refractivity contribution in [3.8, 4) is 16.3 Å². The van der Waals surface area contributed by atoms with Crippen LogP contribution in [0.25, 0.3) is 10.6 Å². The molecule has 0 atom stereocenters. The number of hydrogen-bond donors (Lipinski definition) is 4. The van der Waals surface area contributed by atoms with E-state index in [0.29, 0.717) is 16.5 Å². The van der Waals surface area contributed by atoms with Crippen LogP contribution in [0.1, 0.15) is 32.8 Å². The van der Waals surface area contributed by atoms with Gasteiger partial charge in [-0.1, -0.05) is 11.3 Å². The first-order valence-electron chi connectivity index (χ1n) is 7.83. The largest absolute Gasteiger partial charge is 0.507 e. The van der Waals surface area contributed by atoms with Gasteiger partial charge < -0.3 is 20.8 Å². The van der Waals surface area contributed by atoms with Crippen molar-refractivity contribution >= 4 is 51.3 Å². The van der Waals surface area contributed by atoms with Gasteiger partial charge >= 0.3 is 5.97 Å². The fraction of sp³-hybridized carbons (Fsp3) is 0.118. The lowest BCUT2D eigenvalue weighted by Crippen LogP contribution is -2.11. The molecule has 3 rings (SSSR count). The van der Waals surface area contributed by atoms with E-state index in [1.54, 1.807) is 12.3 Å². The van der Waals surface area contributed by atoms with Crippen LogP contribution in [0.3, 0.4) is 0 Å². The highest BCUT2D eigenvalue weighted by molar-refractivity contribution is 7.19. The van der Waals surface area contributed by atoms with Gasteiger partial charge in [0.05, 0.1) is 16.3 Å². The number of carbonyl (C=O) groups is 3. The zero-order chi connectivity index (χ0) is 20.4. The Bertz CT molecular complexity index is 1090. The molecule has 0 aliphatic heterocycles. The van der Waals surface area contributed by atoms with E-state index < -0.39 is 17.6 Å². The minimum Gasteiger partial charge on any atom is -0.507 e. The van der Waals surface area contributed by atoms with E-state index in [0.717, 1.165) is 22.3 Å². The minimum atomic E-state index is -1.27. The van der Waals surface area contributed by atoms with Gasteiger partial charge in [-0.25, -0.2) is 14.8 Å². The average Bonchev–Trinajstić information content (AvgIpc) is 3.20. The van der Waals surface area contributed by atoms with Crippen LogP contribution in [-0.4, -0.2) is 38.0 Å². The van der Waals surface area contributed by atoms with Gasteiger partial charge in [0.25, 0.3) is 5.91 Å². The number of rotatable bonds is 5. The number of amides is 2. The van der Waals surface area contributed by atoms with E-state index in [1.165, 1.54) is 30.4 Å². The second-order valence-electron chi connectivity index (χ2n) is 5.64. The number of phenols is 1. The lowest BCUT2D eigenvalue weighted by atomic mass is 10.2. The Kier molecular flexibility index (Phi) is 5.38. The van der Waals surface area contributed by atoms with Crippen LogP contribution in [0.15, 0.2) is 23.6 Å². The smallest absolute Gasteiger partial charge is 0.339 e. The molecule has 28 heavy (non-hydrogen) atoms. The summed E-state index contributed by atoms with van der Waals surface area (Å²) in [4.78, 5) is 43.8. The monoisotopic (exact) mass is 418 g/mol. The molecule has 2 amide bonds. The second kappa shape index (κ2) is 7.74. The summed E-state index contributed by atoms with van der Waals surface area (Å²) in [6.07, 6.45) is 0. The highest BCUT2D eigenvalue weighted by Gasteiger charge is 2.18. The Labute approximate surface area is 166 Å². The Morgan fingerprint density at radius 2 is 1.89 bits per heavy atom. The number of carbonyl (C=O) groups excluding carboxylic acids is 2. The van der Waals surface area contributed by atoms with Gasteiger partial charge in [-0.05, 0) is 19.1 Å². The van der Waals surface area contributed by atoms with E-state index >= 15 is 0 Å². The number of aromatic nitrogens is 2. The molecular weight excluding hydrogens is 404 g/mol. The highest BCUT2D eigenvalue weighted by Crippen LogP contribution is 2.33. The van der Waals surface area contributed by atoms with E-state index in [1.807, 2.05) is 0 Å². The summed E-state index contributed by atoms with van der Waals surface area (Å²) in [6.45, 7) is 3.17. The summed E-state index contributed by atoms with van der Waals surface area (Å²) in [5.41, 5.74) is 1.22. The third-order valence-corrected chi connectivity index (χ3v) is 5.43. The molecule has 0 spiro atoms. The lowest BCUT2D eigenvalue weighted by Gasteiger charge is -2.05. The maximum Gasteiger partial charge on any atom is 0.339 e. The topological polar surface area (TPSA) is 142 Å². The Morgan fingerprint density at radius 1 is 1.14 bits per heavy atom. The number of thiazole rings is 2. The maximum atomic E-state index is 12.4. The molecule has 2 aromatic heterocycles. The molecule has 0 radical (unpaired) electrons. The quantitative estimate of drug-likeness (QED) is 0.498. The van der Waals surface area contributed by atoms with Gasteiger partial charge in [0.15, 0.2) is 10.1 Å². The molecule has 0 bridgehead atoms. The van der Waals surface area contributed by atoms with E-state index in [4.69, 9.17) is 5.11 Å². The average molecular weight is 418 g/mol. The Hall–Kier alpha value is -3.31. The van der Waals surface area contributed by atoms with E-state index in [2.05, 4.69) is 20.6 Å². The highest BCUT2D eigenvalue weighted by atomic mass is 32.1. The predicted molar refractivity (Wildman–Crippen MR) is 105 cm³/mol. The van der Waals surface area contributed by atoms with Gasteiger partial charge in [-0.3, -0.25) is 9.59 Å². The van der Waals surface area contributed by atoms with Crippen LogP contribution in [0, 0.1) is 6.92 Å².